The summed E-state index contributed by atoms with van der Waals surface area (Å²) in [5.41, 5.74) is 2.00. The molecule has 0 aliphatic heterocycles. The van der Waals surface area contributed by atoms with Crippen molar-refractivity contribution in [3.8, 4) is 0 Å². The number of nitrogens with one attached hydrogen (secondary N) is 2. The Labute approximate surface area is 179 Å². The lowest BCUT2D eigenvalue weighted by molar-refractivity contribution is -0.118. The summed E-state index contributed by atoms with van der Waals surface area (Å²) >= 11 is 5.86. The minimum absolute atomic E-state index is 0.134. The fourth-order valence-electron chi connectivity index (χ4n) is 3.89. The number of Topliss-reactive ketones (excluding diaryl/α,β-unsaturated/α-hetero) is 1. The number of pyridine rings is 1. The van der Waals surface area contributed by atoms with Gasteiger partial charge >= 0.3 is 0 Å². The van der Waals surface area contributed by atoms with Crippen molar-refractivity contribution in [1.29, 1.82) is 0 Å². The number of aliphatic hydroxyl groups excluding tert-OH is 1. The monoisotopic (exact) mass is 432 g/mol. The minimum Gasteiger partial charge on any atom is -0.393 e. The lowest BCUT2D eigenvalue weighted by Gasteiger charge is -2.25. The van der Waals surface area contributed by atoms with Crippen molar-refractivity contribution in [3.05, 3.63) is 46.0 Å². The highest BCUT2D eigenvalue weighted by atomic mass is 35.5. The zero-order chi connectivity index (χ0) is 22.0. The van der Waals surface area contributed by atoms with E-state index in [1.54, 1.807) is 31.5 Å². The Morgan fingerprint density at radius 1 is 1.20 bits per heavy atom. The van der Waals surface area contributed by atoms with Gasteiger partial charge < -0.3 is 20.3 Å². The Hall–Kier alpha value is -2.71. The molecule has 2 aromatic rings. The van der Waals surface area contributed by atoms with Crippen LogP contribution < -0.4 is 10.6 Å². The van der Waals surface area contributed by atoms with Crippen molar-refractivity contribution < 1.29 is 19.5 Å². The Balaban J connectivity index is 1.80. The van der Waals surface area contributed by atoms with Gasteiger partial charge in [-0.3, -0.25) is 14.4 Å². The number of ketones is 1. The van der Waals surface area contributed by atoms with E-state index in [-0.39, 0.29) is 23.0 Å². The van der Waals surface area contributed by atoms with Gasteiger partial charge in [-0.1, -0.05) is 11.6 Å². The molecule has 0 saturated heterocycles. The van der Waals surface area contributed by atoms with Crippen LogP contribution in [0.1, 0.15) is 57.8 Å². The highest BCUT2D eigenvalue weighted by molar-refractivity contribution is 6.43. The zero-order valence-electron chi connectivity index (χ0n) is 17.2. The number of aliphatic hydroxyl groups is 1. The molecule has 2 amide bonds. The highest BCUT2D eigenvalue weighted by Crippen LogP contribution is 2.24. The molecular formula is C21H25ClN4O4. The summed E-state index contributed by atoms with van der Waals surface area (Å²) < 4.78 is 1.57. The summed E-state index contributed by atoms with van der Waals surface area (Å²) in [6, 6.07) is 3.00. The van der Waals surface area contributed by atoms with Gasteiger partial charge in [0.1, 0.15) is 5.15 Å². The van der Waals surface area contributed by atoms with Crippen molar-refractivity contribution in [2.45, 2.75) is 51.7 Å². The number of halogens is 1. The number of nitrogens with zero attached hydrogens (tertiary/aromatic N) is 2. The van der Waals surface area contributed by atoms with Gasteiger partial charge in [-0.25, -0.2) is 4.98 Å². The molecule has 0 bridgehead atoms. The number of aromatic nitrogens is 2. The molecule has 1 aliphatic rings. The first-order valence-corrected chi connectivity index (χ1v) is 10.2. The second-order valence-corrected chi connectivity index (χ2v) is 8.01. The number of carbonyl (C=O) groups excluding carboxylic acids is 3. The van der Waals surface area contributed by atoms with Crippen LogP contribution in [0.25, 0.3) is 0 Å². The average Bonchev–Trinajstić information content (AvgIpc) is 2.91. The third-order valence-corrected chi connectivity index (χ3v) is 5.80. The summed E-state index contributed by atoms with van der Waals surface area (Å²) in [4.78, 5) is 42.2. The molecule has 0 atom stereocenters. The molecule has 8 nitrogen and oxygen atoms in total. The zero-order valence-corrected chi connectivity index (χ0v) is 17.9. The second kappa shape index (κ2) is 8.97. The van der Waals surface area contributed by atoms with E-state index in [4.69, 9.17) is 11.6 Å². The van der Waals surface area contributed by atoms with Crippen LogP contribution in [0, 0.1) is 13.8 Å². The largest absolute Gasteiger partial charge is 0.393 e. The molecule has 2 heterocycles. The lowest BCUT2D eigenvalue weighted by atomic mass is 9.93. The van der Waals surface area contributed by atoms with Gasteiger partial charge in [0.25, 0.3) is 17.6 Å². The Morgan fingerprint density at radius 2 is 1.87 bits per heavy atom. The third-order valence-electron chi connectivity index (χ3n) is 5.60. The number of hydrogen-bond acceptors (Lipinski definition) is 5. The fraction of sp³-hybridized carbons (Fsp3) is 0.429. The number of carbonyl (C=O) groups is 3. The van der Waals surface area contributed by atoms with Gasteiger partial charge in [0, 0.05) is 30.7 Å². The van der Waals surface area contributed by atoms with Crippen molar-refractivity contribution in [1.82, 2.24) is 14.9 Å². The van der Waals surface area contributed by atoms with E-state index in [2.05, 4.69) is 15.6 Å². The standard InChI is InChI=1S/C21H25ClN4O4/c1-11-17(20(29)25-14-8-9-23-16(22)10-14)12(2)26(3)18(11)19(28)21(30)24-13-4-6-15(27)7-5-13/h8-10,13,15,27H,4-7H2,1-3H3,(H,24,30)(H,23,25,29)/t13-,15+. The first-order chi connectivity index (χ1) is 14.2. The Bertz CT molecular complexity index is 993. The fourth-order valence-corrected chi connectivity index (χ4v) is 4.06. The van der Waals surface area contributed by atoms with Gasteiger partial charge in [0.15, 0.2) is 0 Å². The minimum atomic E-state index is -0.701. The summed E-state index contributed by atoms with van der Waals surface area (Å²) in [6.45, 7) is 3.37. The molecule has 30 heavy (non-hydrogen) atoms. The second-order valence-electron chi connectivity index (χ2n) is 7.62. The molecule has 3 rings (SSSR count). The van der Waals surface area contributed by atoms with E-state index >= 15 is 0 Å². The predicted octanol–water partition coefficient (Wildman–Crippen LogP) is 2.55. The molecule has 0 radical (unpaired) electrons. The molecular weight excluding hydrogens is 408 g/mol. The van der Waals surface area contributed by atoms with E-state index in [0.29, 0.717) is 48.2 Å². The van der Waals surface area contributed by atoms with Crippen molar-refractivity contribution in [2.75, 3.05) is 5.32 Å². The van der Waals surface area contributed by atoms with E-state index < -0.39 is 17.6 Å². The average molecular weight is 433 g/mol. The first-order valence-electron chi connectivity index (χ1n) is 9.81. The maximum atomic E-state index is 12.9. The Morgan fingerprint density at radius 3 is 2.50 bits per heavy atom. The van der Waals surface area contributed by atoms with Crippen LogP contribution in [0.3, 0.4) is 0 Å². The van der Waals surface area contributed by atoms with Gasteiger partial charge in [0.2, 0.25) is 0 Å². The van der Waals surface area contributed by atoms with Gasteiger partial charge in [-0.05, 0) is 57.2 Å². The molecule has 0 aromatic carbocycles. The molecule has 9 heteroatoms. The van der Waals surface area contributed by atoms with Gasteiger partial charge in [-0.15, -0.1) is 0 Å². The Kier molecular flexibility index (Phi) is 6.58. The molecule has 3 N–H and O–H groups in total. The molecule has 0 spiro atoms. The summed E-state index contributed by atoms with van der Waals surface area (Å²) in [6.07, 6.45) is 3.60. The van der Waals surface area contributed by atoms with Crippen LogP contribution in [-0.2, 0) is 11.8 Å². The molecule has 2 aromatic heterocycles. The normalized spacial score (nSPS) is 18.7. The summed E-state index contributed by atoms with van der Waals surface area (Å²) in [5, 5.41) is 15.4. The smallest absolute Gasteiger partial charge is 0.294 e. The van der Waals surface area contributed by atoms with E-state index in [1.165, 1.54) is 12.3 Å². The quantitative estimate of drug-likeness (QED) is 0.381. The predicted molar refractivity (Wildman–Crippen MR) is 113 cm³/mol. The lowest BCUT2D eigenvalue weighted by Crippen LogP contribution is -2.42. The number of anilines is 1. The molecule has 0 unspecified atom stereocenters. The van der Waals surface area contributed by atoms with Crippen molar-refractivity contribution >= 4 is 34.9 Å². The highest BCUT2D eigenvalue weighted by Gasteiger charge is 2.30. The number of rotatable bonds is 5. The summed E-state index contributed by atoms with van der Waals surface area (Å²) in [5.74, 6) is -1.79. The van der Waals surface area contributed by atoms with Crippen LogP contribution in [0.15, 0.2) is 18.3 Å². The van der Waals surface area contributed by atoms with Crippen LogP contribution in [0.4, 0.5) is 5.69 Å². The van der Waals surface area contributed by atoms with E-state index in [9.17, 15) is 19.5 Å². The van der Waals surface area contributed by atoms with E-state index in [1.807, 2.05) is 0 Å². The van der Waals surface area contributed by atoms with Crippen LogP contribution in [0.2, 0.25) is 5.15 Å². The molecule has 1 fully saturated rings. The molecule has 1 aliphatic carbocycles. The SMILES string of the molecule is Cc1c(C(=O)Nc2ccnc(Cl)c2)c(C)n(C)c1C(=O)C(=O)N[C@H]1CC[C@@H](O)CC1. The van der Waals surface area contributed by atoms with Crippen LogP contribution >= 0.6 is 11.6 Å². The number of amides is 2. The molecule has 1 saturated carbocycles. The van der Waals surface area contributed by atoms with Crippen LogP contribution in [-0.4, -0.2) is 44.4 Å². The third kappa shape index (κ3) is 4.55. The topological polar surface area (TPSA) is 113 Å². The maximum absolute atomic E-state index is 12.9. The van der Waals surface area contributed by atoms with Crippen molar-refractivity contribution in [3.63, 3.8) is 0 Å². The molecule has 160 valence electrons. The van der Waals surface area contributed by atoms with Crippen molar-refractivity contribution in [2.24, 2.45) is 7.05 Å². The van der Waals surface area contributed by atoms with Gasteiger partial charge in [-0.2, -0.15) is 0 Å². The van der Waals surface area contributed by atoms with E-state index in [0.717, 1.165) is 0 Å². The first kappa shape index (κ1) is 22.0. The maximum Gasteiger partial charge on any atom is 0.294 e. The summed E-state index contributed by atoms with van der Waals surface area (Å²) in [7, 11) is 1.65. The number of hydrogen-bond donors (Lipinski definition) is 3. The van der Waals surface area contributed by atoms with Gasteiger partial charge in [0.05, 0.1) is 17.4 Å². The van der Waals surface area contributed by atoms with Crippen LogP contribution in [0.5, 0.6) is 0 Å².